The van der Waals surface area contributed by atoms with Crippen molar-refractivity contribution in [2.45, 2.75) is 38.3 Å². The van der Waals surface area contributed by atoms with Crippen molar-refractivity contribution in [3.63, 3.8) is 0 Å². The van der Waals surface area contributed by atoms with Crippen LogP contribution < -0.4 is 5.32 Å². The van der Waals surface area contributed by atoms with Crippen molar-refractivity contribution in [2.75, 3.05) is 6.54 Å². The largest absolute Gasteiger partial charge is 0.393 e. The number of nitrogens with one attached hydrogen (secondary N) is 2. The maximum Gasteiger partial charge on any atom is 0.0540 e. The van der Waals surface area contributed by atoms with E-state index in [4.69, 9.17) is 0 Å². The molecule has 0 saturated heterocycles. The van der Waals surface area contributed by atoms with E-state index in [1.165, 1.54) is 0 Å². The number of H-pyrrole nitrogens is 1. The van der Waals surface area contributed by atoms with Crippen LogP contribution in [0, 0.1) is 5.92 Å². The number of aromatic nitrogens is 2. The smallest absolute Gasteiger partial charge is 0.0540 e. The van der Waals surface area contributed by atoms with Crippen LogP contribution in [0.15, 0.2) is 12.3 Å². The molecule has 0 amide bonds. The van der Waals surface area contributed by atoms with E-state index in [2.05, 4.69) is 15.5 Å². The van der Waals surface area contributed by atoms with Crippen LogP contribution in [0.3, 0.4) is 0 Å². The summed E-state index contributed by atoms with van der Waals surface area (Å²) in [6.45, 7) is 1.91. The third-order valence-corrected chi connectivity index (χ3v) is 3.12. The summed E-state index contributed by atoms with van der Waals surface area (Å²) in [5.74, 6) is 0.733. The van der Waals surface area contributed by atoms with Gasteiger partial charge in [-0.1, -0.05) is 0 Å². The molecule has 4 nitrogen and oxygen atoms in total. The van der Waals surface area contributed by atoms with Crippen LogP contribution in [0.25, 0.3) is 0 Å². The molecule has 0 spiro atoms. The second-order valence-electron chi connectivity index (χ2n) is 4.39. The molecule has 1 aromatic rings. The number of aromatic amines is 1. The van der Waals surface area contributed by atoms with E-state index in [0.29, 0.717) is 0 Å². The molecule has 84 valence electrons. The zero-order chi connectivity index (χ0) is 10.5. The second kappa shape index (κ2) is 5.28. The lowest BCUT2D eigenvalue weighted by atomic mass is 9.87. The molecule has 1 aliphatic carbocycles. The van der Waals surface area contributed by atoms with Crippen molar-refractivity contribution in [1.29, 1.82) is 0 Å². The van der Waals surface area contributed by atoms with Gasteiger partial charge in [-0.15, -0.1) is 0 Å². The lowest BCUT2D eigenvalue weighted by Gasteiger charge is -2.25. The number of rotatable bonds is 4. The van der Waals surface area contributed by atoms with Gasteiger partial charge in [0.05, 0.1) is 6.10 Å². The highest BCUT2D eigenvalue weighted by Crippen LogP contribution is 2.23. The summed E-state index contributed by atoms with van der Waals surface area (Å²) in [6, 6.07) is 1.98. The standard InChI is InChI=1S/C11H19N3O/c15-11-3-1-9(2-4-11)7-12-8-10-5-6-13-14-10/h5-6,9,11-12,15H,1-4,7-8H2,(H,13,14). The average molecular weight is 209 g/mol. The maximum absolute atomic E-state index is 9.37. The summed E-state index contributed by atoms with van der Waals surface area (Å²) in [4.78, 5) is 0. The Hall–Kier alpha value is -0.870. The van der Waals surface area contributed by atoms with Gasteiger partial charge >= 0.3 is 0 Å². The Bertz CT molecular complexity index is 265. The minimum atomic E-state index is -0.0474. The van der Waals surface area contributed by atoms with Crippen molar-refractivity contribution in [3.05, 3.63) is 18.0 Å². The van der Waals surface area contributed by atoms with Crippen LogP contribution in [-0.2, 0) is 6.54 Å². The lowest BCUT2D eigenvalue weighted by molar-refractivity contribution is 0.108. The van der Waals surface area contributed by atoms with Gasteiger partial charge in [0.25, 0.3) is 0 Å². The van der Waals surface area contributed by atoms with E-state index in [-0.39, 0.29) is 6.10 Å². The van der Waals surface area contributed by atoms with Crippen molar-refractivity contribution < 1.29 is 5.11 Å². The van der Waals surface area contributed by atoms with E-state index in [9.17, 15) is 5.11 Å². The van der Waals surface area contributed by atoms with E-state index >= 15 is 0 Å². The van der Waals surface area contributed by atoms with Gasteiger partial charge in [-0.25, -0.2) is 0 Å². The average Bonchev–Trinajstić information content (AvgIpc) is 2.74. The molecule has 1 aliphatic rings. The summed E-state index contributed by atoms with van der Waals surface area (Å²) >= 11 is 0. The number of hydrogen-bond donors (Lipinski definition) is 3. The molecule has 1 aromatic heterocycles. The highest BCUT2D eigenvalue weighted by atomic mass is 16.3. The lowest BCUT2D eigenvalue weighted by Crippen LogP contribution is -2.27. The summed E-state index contributed by atoms with van der Waals surface area (Å²) in [7, 11) is 0. The Morgan fingerprint density at radius 2 is 2.20 bits per heavy atom. The molecule has 0 bridgehead atoms. The minimum Gasteiger partial charge on any atom is -0.393 e. The molecule has 1 fully saturated rings. The fraction of sp³-hybridized carbons (Fsp3) is 0.727. The van der Waals surface area contributed by atoms with Crippen LogP contribution in [0.2, 0.25) is 0 Å². The number of aliphatic hydroxyl groups excluding tert-OH is 1. The van der Waals surface area contributed by atoms with Gasteiger partial charge in [-0.3, -0.25) is 5.10 Å². The third kappa shape index (κ3) is 3.32. The third-order valence-electron chi connectivity index (χ3n) is 3.12. The van der Waals surface area contributed by atoms with Crippen LogP contribution in [0.1, 0.15) is 31.4 Å². The molecule has 4 heteroatoms. The Balaban J connectivity index is 1.62. The number of nitrogens with zero attached hydrogens (tertiary/aromatic N) is 1. The summed E-state index contributed by atoms with van der Waals surface area (Å²) in [6.07, 6.45) is 5.96. The molecule has 15 heavy (non-hydrogen) atoms. The van der Waals surface area contributed by atoms with Crippen molar-refractivity contribution in [3.8, 4) is 0 Å². The van der Waals surface area contributed by atoms with E-state index in [1.54, 1.807) is 6.20 Å². The molecule has 3 N–H and O–H groups in total. The molecule has 0 atom stereocenters. The molecule has 0 radical (unpaired) electrons. The first-order valence-corrected chi connectivity index (χ1v) is 5.71. The fourth-order valence-electron chi connectivity index (χ4n) is 2.14. The van der Waals surface area contributed by atoms with Crippen molar-refractivity contribution in [2.24, 2.45) is 5.92 Å². The van der Waals surface area contributed by atoms with Gasteiger partial charge in [0, 0.05) is 18.4 Å². The van der Waals surface area contributed by atoms with Gasteiger partial charge in [-0.2, -0.15) is 5.10 Å². The first-order chi connectivity index (χ1) is 7.34. The Morgan fingerprint density at radius 3 is 2.87 bits per heavy atom. The van der Waals surface area contributed by atoms with Gasteiger partial charge in [0.15, 0.2) is 0 Å². The predicted octanol–water partition coefficient (Wildman–Crippen LogP) is 1.05. The van der Waals surface area contributed by atoms with Crippen LogP contribution in [0.5, 0.6) is 0 Å². The summed E-state index contributed by atoms with van der Waals surface area (Å²) in [5.41, 5.74) is 1.13. The van der Waals surface area contributed by atoms with Crippen molar-refractivity contribution >= 4 is 0 Å². The molecule has 1 heterocycles. The van der Waals surface area contributed by atoms with Gasteiger partial charge in [-0.05, 0) is 44.2 Å². The molecular weight excluding hydrogens is 190 g/mol. The van der Waals surface area contributed by atoms with Crippen LogP contribution in [-0.4, -0.2) is 28.0 Å². The molecule has 0 aromatic carbocycles. The van der Waals surface area contributed by atoms with Gasteiger partial charge in [0.1, 0.15) is 0 Å². The number of hydrogen-bond acceptors (Lipinski definition) is 3. The van der Waals surface area contributed by atoms with Gasteiger partial charge in [0.2, 0.25) is 0 Å². The molecule has 0 unspecified atom stereocenters. The Kier molecular flexibility index (Phi) is 3.75. The SMILES string of the molecule is OC1CCC(CNCc2ccn[nH]2)CC1. The molecular formula is C11H19N3O. The Morgan fingerprint density at radius 1 is 1.40 bits per heavy atom. The normalized spacial score (nSPS) is 26.7. The zero-order valence-electron chi connectivity index (χ0n) is 8.95. The highest BCUT2D eigenvalue weighted by molar-refractivity contribution is 4.96. The molecule has 1 saturated carbocycles. The number of aliphatic hydroxyl groups is 1. The van der Waals surface area contributed by atoms with Gasteiger partial charge < -0.3 is 10.4 Å². The zero-order valence-corrected chi connectivity index (χ0v) is 8.95. The Labute approximate surface area is 90.1 Å². The topological polar surface area (TPSA) is 60.9 Å². The summed E-state index contributed by atoms with van der Waals surface area (Å²) in [5, 5.41) is 19.6. The minimum absolute atomic E-state index is 0.0474. The maximum atomic E-state index is 9.37. The second-order valence-corrected chi connectivity index (χ2v) is 4.39. The fourth-order valence-corrected chi connectivity index (χ4v) is 2.14. The predicted molar refractivity (Wildman–Crippen MR) is 58.3 cm³/mol. The first-order valence-electron chi connectivity index (χ1n) is 5.71. The van der Waals surface area contributed by atoms with E-state index in [1.807, 2.05) is 6.07 Å². The monoisotopic (exact) mass is 209 g/mol. The first kappa shape index (κ1) is 10.6. The quantitative estimate of drug-likeness (QED) is 0.694. The van der Waals surface area contributed by atoms with Crippen LogP contribution >= 0.6 is 0 Å². The van der Waals surface area contributed by atoms with E-state index in [0.717, 1.165) is 50.4 Å². The van der Waals surface area contributed by atoms with E-state index < -0.39 is 0 Å². The van der Waals surface area contributed by atoms with Crippen molar-refractivity contribution in [1.82, 2.24) is 15.5 Å². The summed E-state index contributed by atoms with van der Waals surface area (Å²) < 4.78 is 0. The molecule has 2 rings (SSSR count). The molecule has 0 aliphatic heterocycles. The van der Waals surface area contributed by atoms with Crippen LogP contribution in [0.4, 0.5) is 0 Å². The highest BCUT2D eigenvalue weighted by Gasteiger charge is 2.18.